The van der Waals surface area contributed by atoms with Gasteiger partial charge in [-0.2, -0.15) is 0 Å². The second-order valence-corrected chi connectivity index (χ2v) is 4.65. The quantitative estimate of drug-likeness (QED) is 0.947. The monoisotopic (exact) mass is 297 g/mol. The lowest BCUT2D eigenvalue weighted by atomic mass is 10.1. The van der Waals surface area contributed by atoms with Crippen molar-refractivity contribution in [1.82, 2.24) is 9.55 Å². The number of nitrogens with zero attached hydrogens (tertiary/aromatic N) is 2. The predicted molar refractivity (Wildman–Crippen MR) is 69.1 cm³/mol. The Hall–Kier alpha value is -1.36. The van der Waals surface area contributed by atoms with Crippen LogP contribution in [0, 0.1) is 5.82 Å². The molecular weight excluding hydrogens is 285 g/mol. The van der Waals surface area contributed by atoms with Gasteiger partial charge in [-0.25, -0.2) is 9.37 Å². The largest absolute Gasteiger partial charge is 0.369 e. The number of benzene rings is 1. The van der Waals surface area contributed by atoms with Crippen molar-refractivity contribution >= 4 is 21.9 Å². The van der Waals surface area contributed by atoms with Gasteiger partial charge in [-0.3, -0.25) is 0 Å². The maximum Gasteiger partial charge on any atom is 0.201 e. The number of imidazole rings is 1. The van der Waals surface area contributed by atoms with Crippen LogP contribution in [0.1, 0.15) is 11.3 Å². The molecule has 0 aliphatic rings. The van der Waals surface area contributed by atoms with E-state index in [-0.39, 0.29) is 5.82 Å². The molecule has 0 fully saturated rings. The van der Waals surface area contributed by atoms with E-state index in [0.29, 0.717) is 5.95 Å². The Morgan fingerprint density at radius 3 is 2.76 bits per heavy atom. The number of nitrogens with two attached hydrogens (primary N) is 1. The van der Waals surface area contributed by atoms with E-state index in [4.69, 9.17) is 5.73 Å². The first-order chi connectivity index (χ1) is 8.08. The molecule has 1 heterocycles. The first-order valence-corrected chi connectivity index (χ1v) is 6.08. The minimum absolute atomic E-state index is 0.206. The van der Waals surface area contributed by atoms with Crippen LogP contribution in [0.15, 0.2) is 28.9 Å². The van der Waals surface area contributed by atoms with Crippen molar-refractivity contribution in [2.24, 2.45) is 7.05 Å². The molecule has 0 saturated carbocycles. The average molecular weight is 298 g/mol. The van der Waals surface area contributed by atoms with Crippen molar-refractivity contribution in [1.29, 1.82) is 0 Å². The zero-order valence-electron chi connectivity index (χ0n) is 9.45. The summed E-state index contributed by atoms with van der Waals surface area (Å²) in [5.74, 6) is 0.271. The predicted octanol–water partition coefficient (Wildman–Crippen LogP) is 2.69. The van der Waals surface area contributed by atoms with E-state index >= 15 is 0 Å². The Morgan fingerprint density at radius 1 is 1.41 bits per heavy atom. The minimum Gasteiger partial charge on any atom is -0.369 e. The molecule has 17 heavy (non-hydrogen) atoms. The van der Waals surface area contributed by atoms with Crippen molar-refractivity contribution in [3.05, 3.63) is 45.9 Å². The Bertz CT molecular complexity index is 537. The molecule has 0 radical (unpaired) electrons. The summed E-state index contributed by atoms with van der Waals surface area (Å²) in [6.45, 7) is 0. The molecule has 0 saturated heterocycles. The summed E-state index contributed by atoms with van der Waals surface area (Å²) < 4.78 is 15.7. The molecular formula is C12H13BrFN3. The van der Waals surface area contributed by atoms with Gasteiger partial charge in [0.2, 0.25) is 5.95 Å². The van der Waals surface area contributed by atoms with E-state index in [1.54, 1.807) is 16.7 Å². The van der Waals surface area contributed by atoms with Gasteiger partial charge in [0.15, 0.2) is 0 Å². The highest BCUT2D eigenvalue weighted by atomic mass is 79.9. The van der Waals surface area contributed by atoms with Gasteiger partial charge in [0.05, 0.1) is 5.69 Å². The zero-order chi connectivity index (χ0) is 12.4. The maximum atomic E-state index is 13.0. The summed E-state index contributed by atoms with van der Waals surface area (Å²) in [5.41, 5.74) is 7.55. The second-order valence-electron chi connectivity index (χ2n) is 3.90. The summed E-state index contributed by atoms with van der Waals surface area (Å²) >= 11 is 3.44. The Balaban J connectivity index is 2.10. The first kappa shape index (κ1) is 12.1. The number of hydrogen-bond acceptors (Lipinski definition) is 2. The number of halogens is 2. The summed E-state index contributed by atoms with van der Waals surface area (Å²) in [6, 6.07) is 6.61. The molecule has 2 aromatic rings. The van der Waals surface area contributed by atoms with Crippen LogP contribution >= 0.6 is 15.9 Å². The smallest absolute Gasteiger partial charge is 0.201 e. The molecule has 2 N–H and O–H groups in total. The first-order valence-electron chi connectivity index (χ1n) is 5.29. The van der Waals surface area contributed by atoms with Gasteiger partial charge in [-0.1, -0.05) is 12.1 Å². The highest BCUT2D eigenvalue weighted by Crippen LogP contribution is 2.20. The van der Waals surface area contributed by atoms with Gasteiger partial charge in [-0.05, 0) is 46.5 Å². The number of hydrogen-bond donors (Lipinski definition) is 1. The summed E-state index contributed by atoms with van der Waals surface area (Å²) in [5, 5.41) is 0. The molecule has 90 valence electrons. The van der Waals surface area contributed by atoms with Gasteiger partial charge < -0.3 is 10.3 Å². The molecule has 5 heteroatoms. The highest BCUT2D eigenvalue weighted by molar-refractivity contribution is 9.10. The topological polar surface area (TPSA) is 43.8 Å². The Morgan fingerprint density at radius 2 is 2.18 bits per heavy atom. The summed E-state index contributed by atoms with van der Waals surface area (Å²) in [6.07, 6.45) is 1.47. The third-order valence-corrected chi connectivity index (χ3v) is 3.65. The normalized spacial score (nSPS) is 10.8. The van der Waals surface area contributed by atoms with E-state index in [2.05, 4.69) is 20.9 Å². The fourth-order valence-electron chi connectivity index (χ4n) is 1.67. The van der Waals surface area contributed by atoms with Crippen molar-refractivity contribution in [2.75, 3.05) is 5.73 Å². The third kappa shape index (κ3) is 2.66. The lowest BCUT2D eigenvalue weighted by molar-refractivity contribution is 0.625. The molecule has 0 atom stereocenters. The zero-order valence-corrected chi connectivity index (χ0v) is 11.0. The van der Waals surface area contributed by atoms with E-state index in [1.807, 2.05) is 13.1 Å². The Labute approximate surface area is 108 Å². The van der Waals surface area contributed by atoms with Gasteiger partial charge in [0.1, 0.15) is 10.4 Å². The van der Waals surface area contributed by atoms with Crippen LogP contribution in [-0.2, 0) is 19.9 Å². The van der Waals surface area contributed by atoms with E-state index in [9.17, 15) is 4.39 Å². The number of nitrogen functional groups attached to an aromatic ring is 1. The van der Waals surface area contributed by atoms with Crippen LogP contribution in [0.3, 0.4) is 0 Å². The average Bonchev–Trinajstić information content (AvgIpc) is 2.54. The number of aryl methyl sites for hydroxylation is 2. The van der Waals surface area contributed by atoms with Crippen LogP contribution in [-0.4, -0.2) is 9.55 Å². The van der Waals surface area contributed by atoms with Gasteiger partial charge in [0.25, 0.3) is 0 Å². The van der Waals surface area contributed by atoms with Crippen molar-refractivity contribution in [3.63, 3.8) is 0 Å². The maximum absolute atomic E-state index is 13.0. The van der Waals surface area contributed by atoms with Crippen LogP contribution in [0.4, 0.5) is 10.3 Å². The van der Waals surface area contributed by atoms with Crippen molar-refractivity contribution in [3.8, 4) is 0 Å². The lowest BCUT2D eigenvalue weighted by Crippen LogP contribution is -1.96. The molecule has 1 aromatic carbocycles. The second kappa shape index (κ2) is 4.87. The fraction of sp³-hybridized carbons (Fsp3) is 0.250. The van der Waals surface area contributed by atoms with Gasteiger partial charge in [-0.15, -0.1) is 0 Å². The molecule has 3 nitrogen and oxygen atoms in total. The highest BCUT2D eigenvalue weighted by Gasteiger charge is 2.10. The number of anilines is 1. The fourth-order valence-corrected chi connectivity index (χ4v) is 2.14. The van der Waals surface area contributed by atoms with Crippen molar-refractivity contribution < 1.29 is 4.39 Å². The van der Waals surface area contributed by atoms with Crippen molar-refractivity contribution in [2.45, 2.75) is 12.8 Å². The number of aromatic nitrogens is 2. The minimum atomic E-state index is -0.206. The molecule has 0 amide bonds. The number of rotatable bonds is 3. The molecule has 1 aromatic heterocycles. The molecule has 0 bridgehead atoms. The summed E-state index contributed by atoms with van der Waals surface area (Å²) in [4.78, 5) is 4.25. The van der Waals surface area contributed by atoms with E-state index < -0.39 is 0 Å². The lowest BCUT2D eigenvalue weighted by Gasteiger charge is -2.00. The van der Waals surface area contributed by atoms with E-state index in [0.717, 1.165) is 28.7 Å². The van der Waals surface area contributed by atoms with E-state index in [1.165, 1.54) is 6.07 Å². The van der Waals surface area contributed by atoms with Gasteiger partial charge >= 0.3 is 0 Å². The standard InChI is InChI=1S/C12H13BrFN3/c1-17-11(13)10(16-12(17)15)6-5-8-3-2-4-9(14)7-8/h2-4,7H,5-6H2,1H3,(H2,15,16). The molecule has 0 aliphatic heterocycles. The summed E-state index contributed by atoms with van der Waals surface area (Å²) in [7, 11) is 1.85. The third-order valence-electron chi connectivity index (χ3n) is 2.67. The molecule has 0 spiro atoms. The van der Waals surface area contributed by atoms with Crippen LogP contribution < -0.4 is 5.73 Å². The van der Waals surface area contributed by atoms with Crippen LogP contribution in [0.25, 0.3) is 0 Å². The Kier molecular flexibility index (Phi) is 3.47. The molecule has 0 unspecified atom stereocenters. The van der Waals surface area contributed by atoms with Gasteiger partial charge in [0, 0.05) is 7.05 Å². The molecule has 2 rings (SSSR count). The molecule has 0 aliphatic carbocycles. The SMILES string of the molecule is Cn1c(N)nc(CCc2cccc(F)c2)c1Br. The van der Waals surface area contributed by atoms with Crippen LogP contribution in [0.5, 0.6) is 0 Å². The van der Waals surface area contributed by atoms with Crippen LogP contribution in [0.2, 0.25) is 0 Å².